The van der Waals surface area contributed by atoms with Crippen LogP contribution in [0.15, 0.2) is 6.58 Å². The summed E-state index contributed by atoms with van der Waals surface area (Å²) >= 11 is 0. The first-order valence-electron chi connectivity index (χ1n) is 2.00. The van der Waals surface area contributed by atoms with Crippen LogP contribution in [0.1, 0.15) is 12.8 Å². The van der Waals surface area contributed by atoms with E-state index >= 15 is 0 Å². The third-order valence-corrected chi connectivity index (χ3v) is 0.498. The van der Waals surface area contributed by atoms with E-state index in [4.69, 9.17) is 0 Å². The Morgan fingerprint density at radius 2 is 2.33 bits per heavy atom. The summed E-state index contributed by atoms with van der Waals surface area (Å²) in [5, 5.41) is 9.62. The fraction of sp³-hybridized carbons (Fsp3) is 0.600. The van der Waals surface area contributed by atoms with E-state index in [-0.39, 0.29) is 6.61 Å². The van der Waals surface area contributed by atoms with Crippen LogP contribution in [-0.4, -0.2) is 6.61 Å². The van der Waals surface area contributed by atoms with Crippen LogP contribution in [0.25, 0.3) is 0 Å². The fourth-order valence-electron chi connectivity index (χ4n) is 0.197. The van der Waals surface area contributed by atoms with Gasteiger partial charge in [0.05, 0.1) is 0 Å². The number of rotatable bonds is 3. The smallest absolute Gasteiger partial charge is 0.214 e. The molecule has 0 aliphatic rings. The predicted molar refractivity (Wildman–Crippen MR) is 23.0 cm³/mol. The van der Waals surface area contributed by atoms with Crippen molar-refractivity contribution in [1.29, 1.82) is 0 Å². The van der Waals surface area contributed by atoms with Crippen molar-refractivity contribution < 1.29 is 5.11 Å². The normalized spacial score (nSPS) is 7.50. The molecule has 0 N–H and O–H groups in total. The number of allylic oxidation sites excluding steroid dienone is 1. The first-order chi connectivity index (χ1) is 2.91. The Kier molecular flexibility index (Phi) is 4.31. The maximum Gasteiger partial charge on any atom is 0.214 e. The van der Waals surface area contributed by atoms with E-state index in [0.717, 1.165) is 6.42 Å². The van der Waals surface area contributed by atoms with Gasteiger partial charge in [0.1, 0.15) is 6.58 Å². The molecule has 0 aliphatic heterocycles. The molecule has 0 aromatic rings. The number of hydrogen-bond donors (Lipinski definition) is 0. The minimum atomic E-state index is 0.00250. The van der Waals surface area contributed by atoms with E-state index in [2.05, 4.69) is 12.7 Å². The molecule has 0 amide bonds. The van der Waals surface area contributed by atoms with Crippen LogP contribution in [0.4, 0.5) is 0 Å². The van der Waals surface area contributed by atoms with Crippen molar-refractivity contribution in [2.45, 2.75) is 12.8 Å². The molecular formula is C5H8O. The molecule has 0 radical (unpaired) electrons. The highest BCUT2D eigenvalue weighted by Crippen LogP contribution is 1.80. The van der Waals surface area contributed by atoms with Gasteiger partial charge >= 0.3 is 0 Å². The quantitative estimate of drug-likeness (QED) is 0.352. The Balaban J connectivity index is 2.49. The minimum Gasteiger partial charge on any atom is -0.854 e. The van der Waals surface area contributed by atoms with Gasteiger partial charge in [-0.25, -0.2) is 0 Å². The molecule has 0 aromatic carbocycles. The van der Waals surface area contributed by atoms with Gasteiger partial charge in [0.15, 0.2) is 6.42 Å². The first kappa shape index (κ1) is 5.61. The van der Waals surface area contributed by atoms with Crippen LogP contribution in [0.2, 0.25) is 0 Å². The monoisotopic (exact) mass is 84.1 g/mol. The lowest BCUT2D eigenvalue weighted by molar-refractivity contribution is -0.368. The average molecular weight is 84.1 g/mol. The van der Waals surface area contributed by atoms with E-state index < -0.39 is 0 Å². The topological polar surface area (TPSA) is 23.1 Å². The summed E-state index contributed by atoms with van der Waals surface area (Å²) < 4.78 is 0. The van der Waals surface area contributed by atoms with E-state index in [9.17, 15) is 5.11 Å². The van der Waals surface area contributed by atoms with Crippen LogP contribution in [0.5, 0.6) is 0 Å². The second kappa shape index (κ2) is 4.61. The van der Waals surface area contributed by atoms with Crippen LogP contribution in [0.3, 0.4) is 0 Å². The second-order valence-electron chi connectivity index (χ2n) is 1.06. The average Bonchev–Trinajstić information content (AvgIpc) is 1.61. The highest BCUT2D eigenvalue weighted by Gasteiger charge is 1.80. The Morgan fingerprint density at radius 3 is 2.50 bits per heavy atom. The fourth-order valence-corrected chi connectivity index (χ4v) is 0.197. The summed E-state index contributed by atoms with van der Waals surface area (Å²) in [7, 11) is 0. The molecule has 0 heterocycles. The molecule has 0 aliphatic carbocycles. The molecule has 0 saturated heterocycles. The summed E-state index contributed by atoms with van der Waals surface area (Å²) in [6.45, 7) is 3.34. The molecule has 1 nitrogen and oxygen atoms in total. The van der Waals surface area contributed by atoms with Crippen LogP contribution in [0, 0.1) is 6.08 Å². The minimum absolute atomic E-state index is 0.00250. The zero-order chi connectivity index (χ0) is 4.83. The number of hydrogen-bond acceptors (Lipinski definition) is 1. The highest BCUT2D eigenvalue weighted by molar-refractivity contribution is 4.52. The molecule has 0 rings (SSSR count). The molecule has 0 fully saturated rings. The molecule has 0 spiro atoms. The lowest BCUT2D eigenvalue weighted by atomic mass is 10.3. The van der Waals surface area contributed by atoms with Gasteiger partial charge in [0.25, 0.3) is 0 Å². The SMILES string of the molecule is C=[C+]CCC[O-]. The van der Waals surface area contributed by atoms with E-state index in [1.165, 1.54) is 0 Å². The van der Waals surface area contributed by atoms with Crippen molar-refractivity contribution in [3.05, 3.63) is 12.7 Å². The molecule has 0 unspecified atom stereocenters. The van der Waals surface area contributed by atoms with Crippen LogP contribution < -0.4 is 5.11 Å². The lowest BCUT2D eigenvalue weighted by Crippen LogP contribution is -2.03. The van der Waals surface area contributed by atoms with Gasteiger partial charge in [-0.3, -0.25) is 0 Å². The molecule has 1 heteroatoms. The molecule has 0 bridgehead atoms. The van der Waals surface area contributed by atoms with Gasteiger partial charge in [-0.05, 0) is 6.42 Å². The third kappa shape index (κ3) is 3.61. The second-order valence-corrected chi connectivity index (χ2v) is 1.06. The largest absolute Gasteiger partial charge is 0.854 e. The summed E-state index contributed by atoms with van der Waals surface area (Å²) in [6, 6.07) is 0. The first-order valence-corrected chi connectivity index (χ1v) is 2.00. The number of unbranched alkanes of at least 4 members (excludes halogenated alkanes) is 1. The predicted octanol–water partition coefficient (Wildman–Crippen LogP) is 0.116. The van der Waals surface area contributed by atoms with Crippen LogP contribution in [-0.2, 0) is 0 Å². The highest BCUT2D eigenvalue weighted by atomic mass is 16.2. The molecule has 0 atom stereocenters. The van der Waals surface area contributed by atoms with E-state index in [1.807, 2.05) is 0 Å². The summed E-state index contributed by atoms with van der Waals surface area (Å²) in [6.07, 6.45) is 4.04. The van der Waals surface area contributed by atoms with Gasteiger partial charge in [-0.15, -0.1) is 6.61 Å². The van der Waals surface area contributed by atoms with Gasteiger partial charge in [-0.2, -0.15) is 0 Å². The summed E-state index contributed by atoms with van der Waals surface area (Å²) in [5.41, 5.74) is 0. The standard InChI is InChI=1S/C5H8O/c1-2-3-4-5-6/h1,3-5H2. The Morgan fingerprint density at radius 1 is 1.67 bits per heavy atom. The lowest BCUT2D eigenvalue weighted by Gasteiger charge is -1.90. The maximum absolute atomic E-state index is 9.62. The van der Waals surface area contributed by atoms with Crippen molar-refractivity contribution >= 4 is 0 Å². The van der Waals surface area contributed by atoms with Gasteiger partial charge in [0.2, 0.25) is 6.08 Å². The Hall–Kier alpha value is -0.390. The van der Waals surface area contributed by atoms with Crippen molar-refractivity contribution in [2.24, 2.45) is 0 Å². The Bertz CT molecular complexity index is 32.9. The maximum atomic E-state index is 9.62. The van der Waals surface area contributed by atoms with Crippen molar-refractivity contribution in [3.8, 4) is 0 Å². The molecule has 0 saturated carbocycles. The summed E-state index contributed by atoms with van der Waals surface area (Å²) in [5.74, 6) is 0. The zero-order valence-corrected chi connectivity index (χ0v) is 3.74. The van der Waals surface area contributed by atoms with Crippen molar-refractivity contribution in [3.63, 3.8) is 0 Å². The van der Waals surface area contributed by atoms with Crippen molar-refractivity contribution in [1.82, 2.24) is 0 Å². The Labute approximate surface area is 38.3 Å². The van der Waals surface area contributed by atoms with E-state index in [1.54, 1.807) is 0 Å². The molecule has 0 aromatic heterocycles. The zero-order valence-electron chi connectivity index (χ0n) is 3.74. The van der Waals surface area contributed by atoms with Gasteiger partial charge < -0.3 is 5.11 Å². The molecule has 6 heavy (non-hydrogen) atoms. The van der Waals surface area contributed by atoms with E-state index in [0.29, 0.717) is 6.42 Å². The van der Waals surface area contributed by atoms with Crippen LogP contribution >= 0.6 is 0 Å². The third-order valence-electron chi connectivity index (χ3n) is 0.498. The summed E-state index contributed by atoms with van der Waals surface area (Å²) in [4.78, 5) is 0. The van der Waals surface area contributed by atoms with Crippen molar-refractivity contribution in [2.75, 3.05) is 6.61 Å². The van der Waals surface area contributed by atoms with Gasteiger partial charge in [0, 0.05) is 0 Å². The molecular weight excluding hydrogens is 76.1 g/mol. The van der Waals surface area contributed by atoms with Gasteiger partial charge in [-0.1, -0.05) is 0 Å². The molecule has 34 valence electrons.